The Labute approximate surface area is 246 Å². The van der Waals surface area contributed by atoms with Gasteiger partial charge in [-0.2, -0.15) is 4.31 Å². The van der Waals surface area contributed by atoms with E-state index in [9.17, 15) is 18.0 Å². The van der Waals surface area contributed by atoms with Crippen molar-refractivity contribution >= 4 is 33.7 Å². The van der Waals surface area contributed by atoms with Gasteiger partial charge in [-0.3, -0.25) is 4.79 Å². The normalized spacial score (nSPS) is 11.4. The fourth-order valence-electron chi connectivity index (χ4n) is 3.94. The first-order chi connectivity index (χ1) is 20.2. The number of amides is 1. The average molecular weight is 597 g/mol. The molecule has 0 saturated carbocycles. The van der Waals surface area contributed by atoms with E-state index < -0.39 is 28.5 Å². The Morgan fingerprint density at radius 1 is 0.881 bits per heavy atom. The van der Waals surface area contributed by atoms with Gasteiger partial charge in [0.25, 0.3) is 5.91 Å². The average Bonchev–Trinajstić information content (AvgIpc) is 2.99. The van der Waals surface area contributed by atoms with Crippen LogP contribution in [0.15, 0.2) is 77.7 Å². The zero-order chi connectivity index (χ0) is 30.5. The van der Waals surface area contributed by atoms with E-state index in [1.54, 1.807) is 32.0 Å². The maximum absolute atomic E-state index is 12.9. The second-order valence-corrected chi connectivity index (χ2v) is 10.8. The molecule has 0 saturated heterocycles. The van der Waals surface area contributed by atoms with Crippen LogP contribution in [0.1, 0.15) is 31.9 Å². The molecule has 0 bridgehead atoms. The molecule has 10 nitrogen and oxygen atoms in total. The Hall–Kier alpha value is -4.35. The van der Waals surface area contributed by atoms with Gasteiger partial charge in [-0.25, -0.2) is 13.2 Å². The first-order valence-electron chi connectivity index (χ1n) is 13.5. The van der Waals surface area contributed by atoms with Crippen LogP contribution in [0.4, 0.5) is 5.69 Å². The van der Waals surface area contributed by atoms with Crippen molar-refractivity contribution in [1.82, 2.24) is 4.31 Å². The molecule has 11 heteroatoms. The summed E-state index contributed by atoms with van der Waals surface area (Å²) < 4.78 is 49.0. The Morgan fingerprint density at radius 2 is 1.60 bits per heavy atom. The molecule has 3 aromatic rings. The van der Waals surface area contributed by atoms with Crippen molar-refractivity contribution in [2.24, 2.45) is 0 Å². The third kappa shape index (κ3) is 8.82. The van der Waals surface area contributed by atoms with Gasteiger partial charge in [0.15, 0.2) is 18.1 Å². The summed E-state index contributed by atoms with van der Waals surface area (Å²) in [6.45, 7) is 6.17. The lowest BCUT2D eigenvalue weighted by atomic mass is 10.2. The van der Waals surface area contributed by atoms with Crippen LogP contribution >= 0.6 is 0 Å². The van der Waals surface area contributed by atoms with Crippen LogP contribution in [0.3, 0.4) is 0 Å². The van der Waals surface area contributed by atoms with Crippen LogP contribution in [-0.4, -0.2) is 58.0 Å². The number of methoxy groups -OCH3 is 1. The quantitative estimate of drug-likeness (QED) is 0.194. The van der Waals surface area contributed by atoms with Crippen LogP contribution in [0.2, 0.25) is 0 Å². The Bertz CT molecular complexity index is 1490. The molecule has 224 valence electrons. The third-order valence-corrected chi connectivity index (χ3v) is 8.10. The molecule has 0 spiro atoms. The summed E-state index contributed by atoms with van der Waals surface area (Å²) in [5, 5.41) is 2.55. The molecule has 0 fully saturated rings. The van der Waals surface area contributed by atoms with Gasteiger partial charge in [0, 0.05) is 19.2 Å². The number of hydrogen-bond acceptors (Lipinski definition) is 8. The summed E-state index contributed by atoms with van der Waals surface area (Å²) in [6.07, 6.45) is 2.73. The van der Waals surface area contributed by atoms with Crippen molar-refractivity contribution in [3.63, 3.8) is 0 Å². The zero-order valence-electron chi connectivity index (χ0n) is 24.2. The molecule has 0 unspecified atom stereocenters. The van der Waals surface area contributed by atoms with Crippen LogP contribution in [0, 0.1) is 0 Å². The third-order valence-electron chi connectivity index (χ3n) is 6.05. The highest BCUT2D eigenvalue weighted by atomic mass is 32.2. The van der Waals surface area contributed by atoms with Crippen LogP contribution in [0.5, 0.6) is 17.2 Å². The first kappa shape index (κ1) is 32.2. The molecule has 0 aliphatic heterocycles. The molecule has 3 aromatic carbocycles. The molecule has 0 radical (unpaired) electrons. The van der Waals surface area contributed by atoms with E-state index in [4.69, 9.17) is 18.9 Å². The Balaban J connectivity index is 1.61. The van der Waals surface area contributed by atoms with E-state index in [2.05, 4.69) is 5.32 Å². The van der Waals surface area contributed by atoms with Crippen molar-refractivity contribution in [3.05, 3.63) is 83.9 Å². The summed E-state index contributed by atoms with van der Waals surface area (Å²) in [5.41, 5.74) is 1.83. The molecule has 0 atom stereocenters. The van der Waals surface area contributed by atoms with Crippen molar-refractivity contribution < 1.29 is 37.0 Å². The number of benzene rings is 3. The predicted molar refractivity (Wildman–Crippen MR) is 160 cm³/mol. The minimum Gasteiger partial charge on any atom is -0.495 e. The minimum absolute atomic E-state index is 0.00475. The molecule has 42 heavy (non-hydrogen) atoms. The van der Waals surface area contributed by atoms with E-state index >= 15 is 0 Å². The van der Waals surface area contributed by atoms with Gasteiger partial charge in [0.05, 0.1) is 24.3 Å². The van der Waals surface area contributed by atoms with Crippen molar-refractivity contribution in [2.45, 2.75) is 32.3 Å². The smallest absolute Gasteiger partial charge is 0.331 e. The standard InChI is InChI=1S/C31H36N2O8S/c1-5-33(6-2)42(36,37)25-15-17-27(38-4)26(20-25)32-30(34)22-41-31(35)18-14-23-13-16-28(29(19-23)39-7-3)40-21-24-11-9-8-10-12-24/h8-20H,5-7,21-22H2,1-4H3,(H,32,34). The molecule has 0 aliphatic rings. The largest absolute Gasteiger partial charge is 0.495 e. The highest BCUT2D eigenvalue weighted by Crippen LogP contribution is 2.30. The molecule has 1 N–H and O–H groups in total. The van der Waals surface area contributed by atoms with Gasteiger partial charge in [-0.05, 0) is 54.5 Å². The summed E-state index contributed by atoms with van der Waals surface area (Å²) in [5.74, 6) is -0.0401. The second-order valence-electron chi connectivity index (χ2n) is 8.85. The zero-order valence-corrected chi connectivity index (χ0v) is 25.0. The lowest BCUT2D eigenvalue weighted by molar-refractivity contribution is -0.142. The van der Waals surface area contributed by atoms with Crippen LogP contribution in [0.25, 0.3) is 6.08 Å². The number of nitrogens with zero attached hydrogens (tertiary/aromatic N) is 1. The number of nitrogens with one attached hydrogen (secondary N) is 1. The van der Waals surface area contributed by atoms with E-state index in [1.807, 2.05) is 37.3 Å². The van der Waals surface area contributed by atoms with Gasteiger partial charge >= 0.3 is 5.97 Å². The maximum Gasteiger partial charge on any atom is 0.331 e. The van der Waals surface area contributed by atoms with Gasteiger partial charge in [0.2, 0.25) is 10.0 Å². The first-order valence-corrected chi connectivity index (χ1v) is 14.9. The van der Waals surface area contributed by atoms with Crippen molar-refractivity contribution in [2.75, 3.05) is 38.7 Å². The SMILES string of the molecule is CCOc1cc(C=CC(=O)OCC(=O)Nc2cc(S(=O)(=O)N(CC)CC)ccc2OC)ccc1OCc1ccccc1. The number of carbonyl (C=O) groups excluding carboxylic acids is 2. The Kier molecular flexibility index (Phi) is 11.9. The maximum atomic E-state index is 12.9. The van der Waals surface area contributed by atoms with E-state index in [-0.39, 0.29) is 16.3 Å². The van der Waals surface area contributed by atoms with E-state index in [1.165, 1.54) is 41.8 Å². The minimum atomic E-state index is -3.75. The summed E-state index contributed by atoms with van der Waals surface area (Å²) in [7, 11) is -2.36. The summed E-state index contributed by atoms with van der Waals surface area (Å²) >= 11 is 0. The summed E-state index contributed by atoms with van der Waals surface area (Å²) in [6, 6.07) is 19.2. The van der Waals surface area contributed by atoms with E-state index in [0.29, 0.717) is 43.4 Å². The van der Waals surface area contributed by atoms with Gasteiger partial charge in [-0.15, -0.1) is 0 Å². The number of ether oxygens (including phenoxy) is 4. The van der Waals surface area contributed by atoms with Gasteiger partial charge in [0.1, 0.15) is 12.4 Å². The van der Waals surface area contributed by atoms with Crippen LogP contribution < -0.4 is 19.5 Å². The molecular weight excluding hydrogens is 560 g/mol. The Morgan fingerprint density at radius 3 is 2.26 bits per heavy atom. The molecular formula is C31H36N2O8S. The lowest BCUT2D eigenvalue weighted by Crippen LogP contribution is -2.30. The molecule has 0 aromatic heterocycles. The molecule has 0 heterocycles. The van der Waals surface area contributed by atoms with Crippen molar-refractivity contribution in [3.8, 4) is 17.2 Å². The number of anilines is 1. The van der Waals surface area contributed by atoms with E-state index in [0.717, 1.165) is 5.56 Å². The van der Waals surface area contributed by atoms with Crippen LogP contribution in [-0.2, 0) is 31.0 Å². The monoisotopic (exact) mass is 596 g/mol. The molecule has 3 rings (SSSR count). The van der Waals surface area contributed by atoms with Gasteiger partial charge < -0.3 is 24.3 Å². The number of rotatable bonds is 15. The number of carbonyl (C=O) groups is 2. The lowest BCUT2D eigenvalue weighted by Gasteiger charge is -2.19. The fourth-order valence-corrected chi connectivity index (χ4v) is 5.43. The fraction of sp³-hybridized carbons (Fsp3) is 0.290. The summed E-state index contributed by atoms with van der Waals surface area (Å²) in [4.78, 5) is 24.8. The number of hydrogen-bond donors (Lipinski definition) is 1. The van der Waals surface area contributed by atoms with Crippen molar-refractivity contribution in [1.29, 1.82) is 0 Å². The topological polar surface area (TPSA) is 120 Å². The molecule has 0 aliphatic carbocycles. The predicted octanol–water partition coefficient (Wildman–Crippen LogP) is 4.90. The second kappa shape index (κ2) is 15.6. The molecule has 1 amide bonds. The highest BCUT2D eigenvalue weighted by Gasteiger charge is 2.23. The van der Waals surface area contributed by atoms with Gasteiger partial charge in [-0.1, -0.05) is 50.2 Å². The number of esters is 1. The highest BCUT2D eigenvalue weighted by molar-refractivity contribution is 7.89. The number of sulfonamides is 1.